The van der Waals surface area contributed by atoms with Crippen molar-refractivity contribution in [1.29, 1.82) is 0 Å². The van der Waals surface area contributed by atoms with Crippen molar-refractivity contribution >= 4 is 41.5 Å². The summed E-state index contributed by atoms with van der Waals surface area (Å²) < 4.78 is 5.03. The van der Waals surface area contributed by atoms with Crippen molar-refractivity contribution in [3.63, 3.8) is 0 Å². The highest BCUT2D eigenvalue weighted by Gasteiger charge is 2.08. The van der Waals surface area contributed by atoms with Crippen molar-refractivity contribution in [2.24, 2.45) is 4.99 Å². The van der Waals surface area contributed by atoms with Gasteiger partial charge < -0.3 is 15.0 Å². The Morgan fingerprint density at radius 2 is 2.10 bits per heavy atom. The largest absolute Gasteiger partial charge is 0.385 e. The molecule has 1 aromatic carbocycles. The van der Waals surface area contributed by atoms with Gasteiger partial charge >= 0.3 is 0 Å². The Labute approximate surface area is 149 Å². The first kappa shape index (κ1) is 20.5. The molecule has 0 heterocycles. The molecule has 1 rings (SSSR count). The minimum atomic E-state index is 0. The second kappa shape index (κ2) is 12.1. The third kappa shape index (κ3) is 7.87. The van der Waals surface area contributed by atoms with E-state index in [-0.39, 0.29) is 24.0 Å². The number of rotatable bonds is 7. The molecular weight excluding hydrogens is 401 g/mol. The van der Waals surface area contributed by atoms with Gasteiger partial charge in [0.05, 0.1) is 0 Å². The fourth-order valence-electron chi connectivity index (χ4n) is 1.82. The monoisotopic (exact) mass is 425 g/mol. The van der Waals surface area contributed by atoms with Gasteiger partial charge in [0, 0.05) is 45.4 Å². The summed E-state index contributed by atoms with van der Waals surface area (Å²) in [6, 6.07) is 7.88. The minimum Gasteiger partial charge on any atom is -0.385 e. The smallest absolute Gasteiger partial charge is 0.193 e. The van der Waals surface area contributed by atoms with E-state index in [4.69, 9.17) is 16.3 Å². The molecule has 0 saturated carbocycles. The highest BCUT2D eigenvalue weighted by atomic mass is 127. The molecule has 0 radical (unpaired) electrons. The molecule has 1 N–H and O–H groups in total. The number of hydrogen-bond acceptors (Lipinski definition) is 2. The Morgan fingerprint density at radius 1 is 1.38 bits per heavy atom. The number of aliphatic imine (C=N–C) groups is 1. The first-order chi connectivity index (χ1) is 9.69. The fourth-order valence-corrected chi connectivity index (χ4v) is 2.02. The minimum absolute atomic E-state index is 0. The lowest BCUT2D eigenvalue weighted by molar-refractivity contribution is 0.197. The normalized spacial score (nSPS) is 11.0. The maximum absolute atomic E-state index is 6.19. The molecule has 1 aromatic rings. The van der Waals surface area contributed by atoms with E-state index in [9.17, 15) is 0 Å². The van der Waals surface area contributed by atoms with Crippen LogP contribution in [0.25, 0.3) is 0 Å². The highest BCUT2D eigenvalue weighted by molar-refractivity contribution is 14.0. The van der Waals surface area contributed by atoms with E-state index in [1.807, 2.05) is 31.3 Å². The standard InChI is InChI=1S/C15H24ClN3O.HI/c1-4-17-15(18-10-7-11-20-3)19(2)12-13-8-5-6-9-14(13)16;/h5-6,8-9H,4,7,10-12H2,1-3H3,(H,17,18);1H. The van der Waals surface area contributed by atoms with Crippen molar-refractivity contribution in [3.05, 3.63) is 34.9 Å². The number of halogens is 2. The van der Waals surface area contributed by atoms with Crippen LogP contribution in [0.15, 0.2) is 29.3 Å². The average Bonchev–Trinajstić information content (AvgIpc) is 2.44. The molecule has 0 aromatic heterocycles. The molecule has 0 saturated heterocycles. The zero-order valence-corrected chi connectivity index (χ0v) is 16.0. The van der Waals surface area contributed by atoms with Crippen molar-refractivity contribution < 1.29 is 4.74 Å². The number of benzene rings is 1. The summed E-state index contributed by atoms with van der Waals surface area (Å²) in [5, 5.41) is 4.08. The Morgan fingerprint density at radius 3 is 2.71 bits per heavy atom. The first-order valence-corrected chi connectivity index (χ1v) is 7.28. The van der Waals surface area contributed by atoms with Crippen LogP contribution in [0.2, 0.25) is 5.02 Å². The molecular formula is C15H25ClIN3O. The van der Waals surface area contributed by atoms with E-state index in [0.717, 1.165) is 49.2 Å². The molecule has 0 unspecified atom stereocenters. The first-order valence-electron chi connectivity index (χ1n) is 6.90. The summed E-state index contributed by atoms with van der Waals surface area (Å²) in [7, 11) is 3.72. The molecule has 0 bridgehead atoms. The number of hydrogen-bond donors (Lipinski definition) is 1. The zero-order valence-electron chi connectivity index (χ0n) is 12.9. The summed E-state index contributed by atoms with van der Waals surface area (Å²) in [5.41, 5.74) is 1.10. The second-order valence-electron chi connectivity index (χ2n) is 4.53. The van der Waals surface area contributed by atoms with Crippen LogP contribution in [-0.4, -0.2) is 44.7 Å². The highest BCUT2D eigenvalue weighted by Crippen LogP contribution is 2.16. The molecule has 21 heavy (non-hydrogen) atoms. The van der Waals surface area contributed by atoms with E-state index >= 15 is 0 Å². The van der Waals surface area contributed by atoms with Crippen molar-refractivity contribution in [2.45, 2.75) is 19.9 Å². The van der Waals surface area contributed by atoms with Gasteiger partial charge in [0.1, 0.15) is 0 Å². The molecule has 0 spiro atoms. The van der Waals surface area contributed by atoms with E-state index in [1.54, 1.807) is 7.11 Å². The van der Waals surface area contributed by atoms with Gasteiger partial charge in [-0.25, -0.2) is 0 Å². The molecule has 0 aliphatic rings. The van der Waals surface area contributed by atoms with Gasteiger partial charge in [-0.05, 0) is 25.0 Å². The molecule has 0 atom stereocenters. The van der Waals surface area contributed by atoms with Crippen molar-refractivity contribution in [1.82, 2.24) is 10.2 Å². The van der Waals surface area contributed by atoms with Crippen LogP contribution in [0.5, 0.6) is 0 Å². The van der Waals surface area contributed by atoms with E-state index in [0.29, 0.717) is 0 Å². The molecule has 0 aliphatic carbocycles. The number of ether oxygens (including phenoxy) is 1. The Kier molecular flexibility index (Phi) is 11.8. The number of guanidine groups is 1. The van der Waals surface area contributed by atoms with Gasteiger partial charge in [-0.15, -0.1) is 24.0 Å². The summed E-state index contributed by atoms with van der Waals surface area (Å²) in [6.07, 6.45) is 0.922. The fraction of sp³-hybridized carbons (Fsp3) is 0.533. The number of methoxy groups -OCH3 is 1. The summed E-state index contributed by atoms with van der Waals surface area (Å²) >= 11 is 6.19. The Balaban J connectivity index is 0.00000400. The summed E-state index contributed by atoms with van der Waals surface area (Å²) in [5.74, 6) is 0.892. The average molecular weight is 426 g/mol. The van der Waals surface area contributed by atoms with Crippen LogP contribution < -0.4 is 5.32 Å². The van der Waals surface area contributed by atoms with Crippen LogP contribution >= 0.6 is 35.6 Å². The third-order valence-electron chi connectivity index (χ3n) is 2.83. The lowest BCUT2D eigenvalue weighted by Crippen LogP contribution is -2.38. The lowest BCUT2D eigenvalue weighted by atomic mass is 10.2. The molecule has 4 nitrogen and oxygen atoms in total. The second-order valence-corrected chi connectivity index (χ2v) is 4.94. The van der Waals surface area contributed by atoms with Gasteiger partial charge in [0.2, 0.25) is 0 Å². The predicted molar refractivity (Wildman–Crippen MR) is 101 cm³/mol. The van der Waals surface area contributed by atoms with Crippen LogP contribution in [-0.2, 0) is 11.3 Å². The van der Waals surface area contributed by atoms with E-state index in [1.165, 1.54) is 0 Å². The Hall–Kier alpha value is -0.530. The van der Waals surface area contributed by atoms with E-state index < -0.39 is 0 Å². The molecule has 0 aliphatic heterocycles. The number of nitrogens with zero attached hydrogens (tertiary/aromatic N) is 2. The molecule has 0 amide bonds. The Bertz CT molecular complexity index is 429. The van der Waals surface area contributed by atoms with Gasteiger partial charge in [-0.3, -0.25) is 4.99 Å². The van der Waals surface area contributed by atoms with Crippen LogP contribution in [0.4, 0.5) is 0 Å². The molecule has 120 valence electrons. The maximum Gasteiger partial charge on any atom is 0.193 e. The van der Waals surface area contributed by atoms with Gasteiger partial charge in [0.25, 0.3) is 0 Å². The lowest BCUT2D eigenvalue weighted by Gasteiger charge is -2.22. The van der Waals surface area contributed by atoms with Crippen LogP contribution in [0.3, 0.4) is 0 Å². The quantitative estimate of drug-likeness (QED) is 0.315. The topological polar surface area (TPSA) is 36.9 Å². The molecule has 0 fully saturated rings. The van der Waals surface area contributed by atoms with Crippen molar-refractivity contribution in [2.75, 3.05) is 33.9 Å². The summed E-state index contributed by atoms with van der Waals surface area (Å²) in [4.78, 5) is 6.67. The van der Waals surface area contributed by atoms with Gasteiger partial charge in [-0.2, -0.15) is 0 Å². The number of nitrogens with one attached hydrogen (secondary N) is 1. The maximum atomic E-state index is 6.19. The predicted octanol–water partition coefficient (Wildman–Crippen LogP) is 3.39. The van der Waals surface area contributed by atoms with E-state index in [2.05, 4.69) is 22.1 Å². The summed E-state index contributed by atoms with van der Waals surface area (Å²) in [6.45, 7) is 5.12. The van der Waals surface area contributed by atoms with Crippen molar-refractivity contribution in [3.8, 4) is 0 Å². The van der Waals surface area contributed by atoms with Crippen LogP contribution in [0, 0.1) is 0 Å². The van der Waals surface area contributed by atoms with Gasteiger partial charge in [-0.1, -0.05) is 29.8 Å². The van der Waals surface area contributed by atoms with Gasteiger partial charge in [0.15, 0.2) is 5.96 Å². The SMILES string of the molecule is CCNC(=NCCCOC)N(C)Cc1ccccc1Cl.I. The molecule has 6 heteroatoms. The van der Waals surface area contributed by atoms with Crippen LogP contribution in [0.1, 0.15) is 18.9 Å². The zero-order chi connectivity index (χ0) is 14.8. The third-order valence-corrected chi connectivity index (χ3v) is 3.20.